The molecule has 4 heterocycles. The van der Waals surface area contributed by atoms with E-state index in [-0.39, 0.29) is 5.91 Å². The zero-order valence-corrected chi connectivity index (χ0v) is 17.9. The van der Waals surface area contributed by atoms with Gasteiger partial charge in [-0.15, -0.1) is 45.6 Å². The maximum atomic E-state index is 12.5. The summed E-state index contributed by atoms with van der Waals surface area (Å²) in [4.78, 5) is 24.8. The van der Waals surface area contributed by atoms with Crippen molar-refractivity contribution in [2.45, 2.75) is 13.3 Å². The lowest BCUT2D eigenvalue weighted by molar-refractivity contribution is -0.122. The summed E-state index contributed by atoms with van der Waals surface area (Å²) in [5.41, 5.74) is 0.501. The molecule has 0 aromatic carbocycles. The molecular weight excluding hydrogens is 416 g/mol. The van der Waals surface area contributed by atoms with E-state index >= 15 is 0 Å². The second kappa shape index (κ2) is 8.10. The monoisotopic (exact) mass is 432 g/mol. The Labute approximate surface area is 175 Å². The maximum absolute atomic E-state index is 12.5. The van der Waals surface area contributed by atoms with E-state index in [1.54, 1.807) is 38.9 Å². The Bertz CT molecular complexity index is 1010. The van der Waals surface area contributed by atoms with Crippen LogP contribution >= 0.6 is 45.6 Å². The van der Waals surface area contributed by atoms with Gasteiger partial charge in [-0.2, -0.15) is 0 Å². The molecule has 3 nitrogen and oxygen atoms in total. The van der Waals surface area contributed by atoms with Crippen LogP contribution in [0.1, 0.15) is 18.2 Å². The molecule has 0 saturated heterocycles. The number of nitrogens with zero attached hydrogens (tertiary/aromatic N) is 2. The van der Waals surface area contributed by atoms with E-state index < -0.39 is 0 Å². The molecule has 138 valence electrons. The summed E-state index contributed by atoms with van der Waals surface area (Å²) >= 11 is 11.0. The number of amidine groups is 1. The summed E-state index contributed by atoms with van der Waals surface area (Å²) in [5, 5.41) is 2.10. The highest BCUT2D eigenvalue weighted by molar-refractivity contribution is 7.26. The SMILES string of the molecule is CC1=N/C(=C/c2ccc(-c3ccc(-c4cccs4)s3)s2)C(=O)N1CCCCl. The van der Waals surface area contributed by atoms with Crippen molar-refractivity contribution in [2.24, 2.45) is 4.99 Å². The number of rotatable bonds is 6. The molecule has 1 aliphatic heterocycles. The van der Waals surface area contributed by atoms with Gasteiger partial charge in [-0.1, -0.05) is 6.07 Å². The second-order valence-electron chi connectivity index (χ2n) is 6.03. The van der Waals surface area contributed by atoms with Crippen molar-refractivity contribution in [3.8, 4) is 19.5 Å². The number of carbonyl (C=O) groups excluding carboxylic acids is 1. The Morgan fingerprint density at radius 2 is 1.81 bits per heavy atom. The van der Waals surface area contributed by atoms with Crippen LogP contribution in [0.25, 0.3) is 25.6 Å². The smallest absolute Gasteiger partial charge is 0.277 e. The highest BCUT2D eigenvalue weighted by Crippen LogP contribution is 2.39. The first-order valence-corrected chi connectivity index (χ1v) is 11.6. The first-order chi connectivity index (χ1) is 13.2. The van der Waals surface area contributed by atoms with Crippen LogP contribution in [0.15, 0.2) is 52.5 Å². The Morgan fingerprint density at radius 3 is 2.56 bits per heavy atom. The van der Waals surface area contributed by atoms with Gasteiger partial charge in [0.05, 0.1) is 0 Å². The maximum Gasteiger partial charge on any atom is 0.277 e. The van der Waals surface area contributed by atoms with Crippen LogP contribution in [0.4, 0.5) is 0 Å². The van der Waals surface area contributed by atoms with Crippen LogP contribution in [0, 0.1) is 0 Å². The summed E-state index contributed by atoms with van der Waals surface area (Å²) in [5.74, 6) is 1.24. The van der Waals surface area contributed by atoms with E-state index in [4.69, 9.17) is 11.6 Å². The molecule has 0 N–H and O–H groups in total. The minimum atomic E-state index is -0.0383. The molecule has 0 fully saturated rings. The first kappa shape index (κ1) is 18.6. The lowest BCUT2D eigenvalue weighted by Gasteiger charge is -2.14. The molecule has 7 heteroatoms. The summed E-state index contributed by atoms with van der Waals surface area (Å²) in [7, 11) is 0. The van der Waals surface area contributed by atoms with Crippen LogP contribution in [-0.2, 0) is 4.79 Å². The van der Waals surface area contributed by atoms with Gasteiger partial charge in [-0.05, 0) is 55.1 Å². The quantitative estimate of drug-likeness (QED) is 0.326. The molecule has 0 saturated carbocycles. The fourth-order valence-corrected chi connectivity index (χ4v) is 5.86. The molecule has 0 radical (unpaired) electrons. The number of thiophene rings is 3. The standard InChI is InChI=1S/C20H17ClN2OS3/c1-13-22-15(20(24)23(13)10-3-9-21)12-14-5-6-18(26-14)19-8-7-17(27-19)16-4-2-11-25-16/h2,4-8,11-12H,3,9-10H2,1H3/b15-12+. The molecule has 0 bridgehead atoms. The molecule has 1 aliphatic rings. The average Bonchev–Trinajstić information content (AvgIpc) is 3.42. The van der Waals surface area contributed by atoms with Crippen molar-refractivity contribution in [3.05, 3.63) is 52.4 Å². The number of hydrogen-bond acceptors (Lipinski definition) is 5. The number of amides is 1. The summed E-state index contributed by atoms with van der Waals surface area (Å²) in [6.45, 7) is 2.48. The Kier molecular flexibility index (Phi) is 5.59. The Balaban J connectivity index is 1.53. The molecule has 1 amide bonds. The Hall–Kier alpha value is -1.73. The van der Waals surface area contributed by atoms with Crippen molar-refractivity contribution >= 4 is 63.4 Å². The summed E-state index contributed by atoms with van der Waals surface area (Å²) in [6.07, 6.45) is 2.65. The number of hydrogen-bond donors (Lipinski definition) is 0. The highest BCUT2D eigenvalue weighted by atomic mass is 35.5. The predicted octanol–water partition coefficient (Wildman–Crippen LogP) is 6.44. The van der Waals surface area contributed by atoms with E-state index in [2.05, 4.69) is 46.8 Å². The molecule has 4 rings (SSSR count). The van der Waals surface area contributed by atoms with Gasteiger partial charge in [0.1, 0.15) is 11.5 Å². The lowest BCUT2D eigenvalue weighted by Crippen LogP contribution is -2.31. The predicted molar refractivity (Wildman–Crippen MR) is 119 cm³/mol. The molecule has 3 aromatic heterocycles. The van der Waals surface area contributed by atoms with Crippen LogP contribution in [-0.4, -0.2) is 29.1 Å². The lowest BCUT2D eigenvalue weighted by atomic mass is 10.3. The van der Waals surface area contributed by atoms with E-state index in [0.29, 0.717) is 18.1 Å². The number of alkyl halides is 1. The minimum absolute atomic E-state index is 0.0383. The van der Waals surface area contributed by atoms with Gasteiger partial charge in [0.25, 0.3) is 5.91 Å². The van der Waals surface area contributed by atoms with Gasteiger partial charge in [-0.25, -0.2) is 4.99 Å². The zero-order chi connectivity index (χ0) is 18.8. The van der Waals surface area contributed by atoms with Gasteiger partial charge in [0.15, 0.2) is 0 Å². The molecule has 0 atom stereocenters. The third-order valence-electron chi connectivity index (χ3n) is 4.17. The molecule has 0 aliphatic carbocycles. The minimum Gasteiger partial charge on any atom is -0.295 e. The van der Waals surface area contributed by atoms with Crippen LogP contribution < -0.4 is 0 Å². The summed E-state index contributed by atoms with van der Waals surface area (Å²) < 4.78 is 0. The van der Waals surface area contributed by atoms with Crippen LogP contribution in [0.2, 0.25) is 0 Å². The van der Waals surface area contributed by atoms with E-state index in [1.165, 1.54) is 19.5 Å². The zero-order valence-electron chi connectivity index (χ0n) is 14.6. The van der Waals surface area contributed by atoms with Gasteiger partial charge in [-0.3, -0.25) is 9.69 Å². The Morgan fingerprint density at radius 1 is 1.07 bits per heavy atom. The van der Waals surface area contributed by atoms with E-state index in [0.717, 1.165) is 17.1 Å². The van der Waals surface area contributed by atoms with E-state index in [1.807, 2.05) is 13.0 Å². The first-order valence-electron chi connectivity index (χ1n) is 8.54. The highest BCUT2D eigenvalue weighted by Gasteiger charge is 2.26. The average molecular weight is 433 g/mol. The van der Waals surface area contributed by atoms with Crippen LogP contribution in [0.3, 0.4) is 0 Å². The van der Waals surface area contributed by atoms with Gasteiger partial charge in [0.2, 0.25) is 0 Å². The van der Waals surface area contributed by atoms with E-state index in [9.17, 15) is 4.79 Å². The number of carbonyl (C=O) groups is 1. The normalized spacial score (nSPS) is 15.8. The molecule has 0 unspecified atom stereocenters. The molecular formula is C20H17ClN2OS3. The third kappa shape index (κ3) is 3.94. The van der Waals surface area contributed by atoms with Crippen molar-refractivity contribution in [2.75, 3.05) is 12.4 Å². The van der Waals surface area contributed by atoms with Gasteiger partial charge >= 0.3 is 0 Å². The largest absolute Gasteiger partial charge is 0.295 e. The van der Waals surface area contributed by atoms with Crippen molar-refractivity contribution in [3.63, 3.8) is 0 Å². The van der Waals surface area contributed by atoms with Gasteiger partial charge in [0, 0.05) is 36.8 Å². The van der Waals surface area contributed by atoms with Gasteiger partial charge < -0.3 is 0 Å². The topological polar surface area (TPSA) is 32.7 Å². The fraction of sp³-hybridized carbons (Fsp3) is 0.200. The van der Waals surface area contributed by atoms with Crippen LogP contribution in [0.5, 0.6) is 0 Å². The van der Waals surface area contributed by atoms with Crippen molar-refractivity contribution in [1.82, 2.24) is 4.90 Å². The fourth-order valence-electron chi connectivity index (χ4n) is 2.86. The number of aliphatic imine (C=N–C) groups is 1. The molecule has 3 aromatic rings. The number of halogens is 1. The molecule has 0 spiro atoms. The third-order valence-corrected chi connectivity index (χ3v) is 7.82. The summed E-state index contributed by atoms with van der Waals surface area (Å²) in [6, 6.07) is 12.7. The van der Waals surface area contributed by atoms with Crippen molar-refractivity contribution in [1.29, 1.82) is 0 Å². The second-order valence-corrected chi connectivity index (χ2v) is 9.56. The van der Waals surface area contributed by atoms with Crippen molar-refractivity contribution < 1.29 is 4.79 Å². The molecule has 27 heavy (non-hydrogen) atoms.